The summed E-state index contributed by atoms with van der Waals surface area (Å²) in [5.74, 6) is 0. The molecule has 0 spiro atoms. The molecule has 0 saturated carbocycles. The van der Waals surface area contributed by atoms with Gasteiger partial charge in [-0.15, -0.1) is 0 Å². The van der Waals surface area contributed by atoms with E-state index >= 15 is 0 Å². The highest BCUT2D eigenvalue weighted by atomic mass is 16.6. The number of nitrogens with zero attached hydrogens (tertiary/aromatic N) is 2. The van der Waals surface area contributed by atoms with Gasteiger partial charge in [0.05, 0.1) is 92.5 Å². The highest BCUT2D eigenvalue weighted by Gasteiger charge is 2.25. The average molecular weight is 538 g/mol. The Labute approximate surface area is 222 Å². The van der Waals surface area contributed by atoms with E-state index in [9.17, 15) is 4.79 Å². The van der Waals surface area contributed by atoms with Crippen LogP contribution in [0.15, 0.2) is 0 Å². The number of hydrogen-bond acceptors (Lipinski definition) is 11. The molecule has 12 nitrogen and oxygen atoms in total. The van der Waals surface area contributed by atoms with Gasteiger partial charge in [-0.3, -0.25) is 4.90 Å². The molecule has 0 radical (unpaired) electrons. The van der Waals surface area contributed by atoms with Crippen molar-refractivity contribution >= 4 is 6.09 Å². The fourth-order valence-electron chi connectivity index (χ4n) is 3.18. The summed E-state index contributed by atoms with van der Waals surface area (Å²) >= 11 is 0. The lowest BCUT2D eigenvalue weighted by Gasteiger charge is -2.35. The van der Waals surface area contributed by atoms with Crippen LogP contribution in [-0.4, -0.2) is 153 Å². The van der Waals surface area contributed by atoms with Crippen molar-refractivity contribution in [1.29, 1.82) is 0 Å². The molecule has 2 N–H and O–H groups in total. The average Bonchev–Trinajstić information content (AvgIpc) is 2.86. The number of hydrogen-bond donors (Lipinski definition) is 1. The Kier molecular flexibility index (Phi) is 21.0. The van der Waals surface area contributed by atoms with Gasteiger partial charge in [-0.25, -0.2) is 4.79 Å². The lowest BCUT2D eigenvalue weighted by Crippen LogP contribution is -2.50. The first-order valence-electron chi connectivity index (χ1n) is 13.4. The van der Waals surface area contributed by atoms with Gasteiger partial charge in [0.2, 0.25) is 0 Å². The van der Waals surface area contributed by atoms with Crippen molar-refractivity contribution in [2.45, 2.75) is 26.4 Å². The number of ether oxygens (including phenoxy) is 8. The molecule has 220 valence electrons. The molecule has 0 aromatic rings. The number of amides is 1. The third-order valence-corrected chi connectivity index (χ3v) is 5.07. The summed E-state index contributed by atoms with van der Waals surface area (Å²) < 4.78 is 43.5. The van der Waals surface area contributed by atoms with Crippen molar-refractivity contribution in [3.8, 4) is 0 Å². The highest BCUT2D eigenvalue weighted by Crippen LogP contribution is 2.11. The maximum absolute atomic E-state index is 12.1. The third-order valence-electron chi connectivity index (χ3n) is 5.07. The molecule has 1 rings (SSSR count). The van der Waals surface area contributed by atoms with Crippen LogP contribution in [0.25, 0.3) is 0 Å². The third kappa shape index (κ3) is 21.5. The molecular formula is C25H51N3O9. The Hall–Kier alpha value is -1.09. The van der Waals surface area contributed by atoms with Gasteiger partial charge < -0.3 is 48.5 Å². The summed E-state index contributed by atoms with van der Waals surface area (Å²) in [5, 5.41) is 0. The number of carbonyl (C=O) groups is 1. The van der Waals surface area contributed by atoms with Crippen LogP contribution in [0.2, 0.25) is 0 Å². The summed E-state index contributed by atoms with van der Waals surface area (Å²) in [5.41, 5.74) is 4.86. The van der Waals surface area contributed by atoms with Crippen molar-refractivity contribution < 1.29 is 42.7 Å². The van der Waals surface area contributed by atoms with Gasteiger partial charge in [-0.2, -0.15) is 0 Å². The summed E-state index contributed by atoms with van der Waals surface area (Å²) in [6.07, 6.45) is -0.235. The zero-order valence-corrected chi connectivity index (χ0v) is 23.3. The number of piperazine rings is 1. The first-order chi connectivity index (χ1) is 17.9. The van der Waals surface area contributed by atoms with Crippen LogP contribution < -0.4 is 5.73 Å². The van der Waals surface area contributed by atoms with Gasteiger partial charge >= 0.3 is 6.09 Å². The standard InChI is InChI=1S/C25H51N3O9/c1-25(2,3)37-24(29)28-7-5-27(6-8-28)9-11-31-13-15-33-17-19-35-21-23-36-22-20-34-18-16-32-14-12-30-10-4-26/h4-23,26H2,1-3H3. The zero-order valence-electron chi connectivity index (χ0n) is 23.3. The first-order valence-corrected chi connectivity index (χ1v) is 13.4. The van der Waals surface area contributed by atoms with Crippen LogP contribution in [0.3, 0.4) is 0 Å². The fourth-order valence-corrected chi connectivity index (χ4v) is 3.18. The van der Waals surface area contributed by atoms with E-state index in [4.69, 9.17) is 43.6 Å². The smallest absolute Gasteiger partial charge is 0.410 e. The normalized spacial score (nSPS) is 14.9. The van der Waals surface area contributed by atoms with E-state index in [1.807, 2.05) is 20.8 Å². The molecule has 1 amide bonds. The SMILES string of the molecule is CC(C)(C)OC(=O)N1CCN(CCOCCOCCOCCOCCOCCOCCOCCN)CC1. The maximum Gasteiger partial charge on any atom is 0.410 e. The summed E-state index contributed by atoms with van der Waals surface area (Å²) in [7, 11) is 0. The molecule has 1 fully saturated rings. The number of carbonyl (C=O) groups excluding carboxylic acids is 1. The molecule has 1 heterocycles. The van der Waals surface area contributed by atoms with E-state index < -0.39 is 5.60 Å². The molecule has 0 atom stereocenters. The van der Waals surface area contributed by atoms with Crippen LogP contribution in [0.1, 0.15) is 20.8 Å². The Bertz CT molecular complexity index is 530. The predicted octanol–water partition coefficient (Wildman–Crippen LogP) is 0.614. The van der Waals surface area contributed by atoms with E-state index in [0.717, 1.165) is 19.6 Å². The van der Waals surface area contributed by atoms with Crippen LogP contribution in [0, 0.1) is 0 Å². The molecule has 1 saturated heterocycles. The van der Waals surface area contributed by atoms with Gasteiger partial charge in [0.1, 0.15) is 5.60 Å². The second kappa shape index (κ2) is 22.9. The molecule has 0 aromatic carbocycles. The number of nitrogens with two attached hydrogens (primary N) is 1. The van der Waals surface area contributed by atoms with E-state index in [-0.39, 0.29) is 6.09 Å². The topological polar surface area (TPSA) is 123 Å². The van der Waals surface area contributed by atoms with Crippen molar-refractivity contribution in [2.75, 3.05) is 132 Å². The maximum atomic E-state index is 12.1. The molecule has 0 unspecified atom stereocenters. The second-order valence-corrected chi connectivity index (χ2v) is 9.38. The largest absolute Gasteiger partial charge is 0.444 e. The molecule has 37 heavy (non-hydrogen) atoms. The molecule has 1 aliphatic rings. The minimum absolute atomic E-state index is 0.235. The lowest BCUT2D eigenvalue weighted by molar-refractivity contribution is -0.0213. The quantitative estimate of drug-likeness (QED) is 0.184. The zero-order chi connectivity index (χ0) is 27.0. The van der Waals surface area contributed by atoms with Crippen molar-refractivity contribution in [1.82, 2.24) is 9.80 Å². The van der Waals surface area contributed by atoms with E-state index in [0.29, 0.717) is 112 Å². The summed E-state index contributed by atoms with van der Waals surface area (Å²) in [4.78, 5) is 16.2. The van der Waals surface area contributed by atoms with Gasteiger partial charge in [0.25, 0.3) is 0 Å². The van der Waals surface area contributed by atoms with Crippen molar-refractivity contribution in [3.05, 3.63) is 0 Å². The minimum atomic E-state index is -0.460. The molecule has 0 bridgehead atoms. The molecular weight excluding hydrogens is 486 g/mol. The van der Waals surface area contributed by atoms with Crippen LogP contribution in [-0.2, 0) is 37.9 Å². The summed E-state index contributed by atoms with van der Waals surface area (Å²) in [6, 6.07) is 0. The Balaban J connectivity index is 1.75. The minimum Gasteiger partial charge on any atom is -0.444 e. The predicted molar refractivity (Wildman–Crippen MR) is 139 cm³/mol. The lowest BCUT2D eigenvalue weighted by atomic mass is 10.2. The van der Waals surface area contributed by atoms with Gasteiger partial charge in [-0.1, -0.05) is 0 Å². The molecule has 0 aromatic heterocycles. The van der Waals surface area contributed by atoms with Crippen LogP contribution in [0.5, 0.6) is 0 Å². The monoisotopic (exact) mass is 537 g/mol. The van der Waals surface area contributed by atoms with Crippen LogP contribution in [0.4, 0.5) is 4.79 Å². The molecule has 12 heteroatoms. The van der Waals surface area contributed by atoms with Gasteiger partial charge in [-0.05, 0) is 20.8 Å². The van der Waals surface area contributed by atoms with Crippen molar-refractivity contribution in [2.24, 2.45) is 5.73 Å². The van der Waals surface area contributed by atoms with Gasteiger partial charge in [0.15, 0.2) is 0 Å². The fraction of sp³-hybridized carbons (Fsp3) is 0.960. The van der Waals surface area contributed by atoms with Crippen molar-refractivity contribution in [3.63, 3.8) is 0 Å². The van der Waals surface area contributed by atoms with E-state index in [1.165, 1.54) is 0 Å². The van der Waals surface area contributed by atoms with Gasteiger partial charge in [0, 0.05) is 39.3 Å². The van der Waals surface area contributed by atoms with E-state index in [1.54, 1.807) is 4.90 Å². The Morgan fingerprint density at radius 3 is 1.30 bits per heavy atom. The second-order valence-electron chi connectivity index (χ2n) is 9.38. The summed E-state index contributed by atoms with van der Waals surface area (Å²) in [6.45, 7) is 17.6. The van der Waals surface area contributed by atoms with Crippen LogP contribution >= 0.6 is 0 Å². The first kappa shape index (κ1) is 33.9. The molecule has 1 aliphatic heterocycles. The highest BCUT2D eigenvalue weighted by molar-refractivity contribution is 5.68. The molecule has 0 aliphatic carbocycles. The Morgan fingerprint density at radius 1 is 0.595 bits per heavy atom. The number of rotatable bonds is 23. The Morgan fingerprint density at radius 2 is 0.946 bits per heavy atom. The van der Waals surface area contributed by atoms with E-state index in [2.05, 4.69) is 4.90 Å².